The smallest absolute Gasteiger partial charge is 0.233 e. The maximum absolute atomic E-state index is 13.4. The van der Waals surface area contributed by atoms with Crippen molar-refractivity contribution < 1.29 is 18.3 Å². The Morgan fingerprint density at radius 1 is 1.15 bits per heavy atom. The van der Waals surface area contributed by atoms with E-state index < -0.39 is 11.6 Å². The van der Waals surface area contributed by atoms with E-state index in [9.17, 15) is 13.6 Å². The van der Waals surface area contributed by atoms with Crippen LogP contribution in [-0.4, -0.2) is 64.8 Å². The molecule has 3 rings (SSSR count). The molecule has 1 aliphatic rings. The third-order valence-corrected chi connectivity index (χ3v) is 4.49. The molecule has 0 aliphatic carbocycles. The van der Waals surface area contributed by atoms with E-state index in [1.165, 1.54) is 10.7 Å². The van der Waals surface area contributed by atoms with Crippen molar-refractivity contribution in [3.05, 3.63) is 41.6 Å². The molecule has 140 valence electrons. The van der Waals surface area contributed by atoms with E-state index in [1.807, 2.05) is 11.8 Å². The number of ether oxygens (including phenoxy) is 1. The maximum atomic E-state index is 13.4. The fourth-order valence-electron chi connectivity index (χ4n) is 2.96. The Hall–Kier alpha value is -2.48. The summed E-state index contributed by atoms with van der Waals surface area (Å²) in [5.74, 6) is -1.25. The van der Waals surface area contributed by atoms with Gasteiger partial charge in [0.1, 0.15) is 6.61 Å². The molecular weight excluding hydrogens is 342 g/mol. The molecule has 0 saturated carbocycles. The Kier molecular flexibility index (Phi) is 5.51. The van der Waals surface area contributed by atoms with Gasteiger partial charge in [0.25, 0.3) is 0 Å². The van der Waals surface area contributed by atoms with Crippen molar-refractivity contribution in [3.8, 4) is 11.6 Å². The zero-order valence-corrected chi connectivity index (χ0v) is 14.9. The van der Waals surface area contributed by atoms with Crippen LogP contribution in [0.25, 0.3) is 5.69 Å². The summed E-state index contributed by atoms with van der Waals surface area (Å²) in [6, 6.07) is 5.41. The SMILES string of the molecule is CC(=O)N1CCN(CCOc2cc(C)n(-c3ccc(F)c(F)c3)n2)CC1. The van der Waals surface area contributed by atoms with Gasteiger partial charge in [0, 0.05) is 57.5 Å². The van der Waals surface area contributed by atoms with Crippen LogP contribution in [-0.2, 0) is 4.79 Å². The summed E-state index contributed by atoms with van der Waals surface area (Å²) in [4.78, 5) is 15.4. The molecule has 1 fully saturated rings. The van der Waals surface area contributed by atoms with E-state index in [-0.39, 0.29) is 5.91 Å². The lowest BCUT2D eigenvalue weighted by molar-refractivity contribution is -0.130. The lowest BCUT2D eigenvalue weighted by Gasteiger charge is -2.33. The van der Waals surface area contributed by atoms with Gasteiger partial charge >= 0.3 is 0 Å². The minimum Gasteiger partial charge on any atom is -0.475 e. The zero-order valence-electron chi connectivity index (χ0n) is 14.9. The van der Waals surface area contributed by atoms with Crippen LogP contribution in [0.15, 0.2) is 24.3 Å². The van der Waals surface area contributed by atoms with E-state index in [0.29, 0.717) is 18.2 Å². The second-order valence-electron chi connectivity index (χ2n) is 6.33. The second kappa shape index (κ2) is 7.82. The summed E-state index contributed by atoms with van der Waals surface area (Å²) in [5, 5.41) is 4.30. The first kappa shape index (κ1) is 18.3. The van der Waals surface area contributed by atoms with Crippen molar-refractivity contribution in [2.45, 2.75) is 13.8 Å². The average Bonchev–Trinajstić information content (AvgIpc) is 2.98. The van der Waals surface area contributed by atoms with Gasteiger partial charge in [-0.1, -0.05) is 0 Å². The number of halogens is 2. The van der Waals surface area contributed by atoms with Gasteiger partial charge in [-0.3, -0.25) is 9.69 Å². The molecule has 2 heterocycles. The standard InChI is InChI=1S/C18H22F2N4O2/c1-13-11-18(21-24(13)15-3-4-16(19)17(20)12-15)26-10-9-22-5-7-23(8-6-22)14(2)25/h3-4,11-12H,5-10H2,1-2H3. The number of carbonyl (C=O) groups is 1. The fraction of sp³-hybridized carbons (Fsp3) is 0.444. The van der Waals surface area contributed by atoms with Crippen LogP contribution in [0.4, 0.5) is 8.78 Å². The predicted molar refractivity (Wildman–Crippen MR) is 92.4 cm³/mol. The van der Waals surface area contributed by atoms with Crippen LogP contribution >= 0.6 is 0 Å². The summed E-state index contributed by atoms with van der Waals surface area (Å²) in [6.45, 7) is 7.73. The maximum Gasteiger partial charge on any atom is 0.233 e. The topological polar surface area (TPSA) is 50.6 Å². The molecule has 0 N–H and O–H groups in total. The van der Waals surface area contributed by atoms with Crippen molar-refractivity contribution in [1.29, 1.82) is 0 Å². The van der Waals surface area contributed by atoms with Crippen LogP contribution in [0.5, 0.6) is 5.88 Å². The predicted octanol–water partition coefficient (Wildman–Crippen LogP) is 2.00. The minimum absolute atomic E-state index is 0.110. The van der Waals surface area contributed by atoms with Crippen LogP contribution in [0.2, 0.25) is 0 Å². The summed E-state index contributed by atoms with van der Waals surface area (Å²) in [5.41, 5.74) is 1.21. The highest BCUT2D eigenvalue weighted by Crippen LogP contribution is 2.18. The largest absolute Gasteiger partial charge is 0.475 e. The van der Waals surface area contributed by atoms with Gasteiger partial charge in [-0.05, 0) is 19.1 Å². The molecule has 0 radical (unpaired) electrons. The molecule has 0 atom stereocenters. The number of benzene rings is 1. The van der Waals surface area contributed by atoms with Crippen LogP contribution in [0.3, 0.4) is 0 Å². The average molecular weight is 364 g/mol. The Bertz CT molecular complexity index is 785. The molecule has 1 aliphatic heterocycles. The van der Waals surface area contributed by atoms with E-state index in [1.54, 1.807) is 13.0 Å². The van der Waals surface area contributed by atoms with Crippen LogP contribution in [0, 0.1) is 18.6 Å². The molecule has 2 aromatic rings. The van der Waals surface area contributed by atoms with Crippen molar-refractivity contribution in [2.75, 3.05) is 39.3 Å². The number of carbonyl (C=O) groups excluding carboxylic acids is 1. The Balaban J connectivity index is 1.53. The van der Waals surface area contributed by atoms with Gasteiger partial charge in [-0.15, -0.1) is 5.10 Å². The van der Waals surface area contributed by atoms with Crippen molar-refractivity contribution >= 4 is 5.91 Å². The van der Waals surface area contributed by atoms with Crippen molar-refractivity contribution in [1.82, 2.24) is 19.6 Å². The van der Waals surface area contributed by atoms with Crippen LogP contribution in [0.1, 0.15) is 12.6 Å². The molecule has 26 heavy (non-hydrogen) atoms. The van der Waals surface area contributed by atoms with Crippen LogP contribution < -0.4 is 4.74 Å². The number of hydrogen-bond acceptors (Lipinski definition) is 4. The number of nitrogens with zero attached hydrogens (tertiary/aromatic N) is 4. The number of amides is 1. The monoisotopic (exact) mass is 364 g/mol. The lowest BCUT2D eigenvalue weighted by Crippen LogP contribution is -2.48. The third kappa shape index (κ3) is 4.19. The molecule has 1 aromatic heterocycles. The van der Waals surface area contributed by atoms with E-state index in [4.69, 9.17) is 4.74 Å². The number of aryl methyl sites for hydroxylation is 1. The number of hydrogen-bond donors (Lipinski definition) is 0. The molecule has 1 saturated heterocycles. The minimum atomic E-state index is -0.912. The molecule has 6 nitrogen and oxygen atoms in total. The molecular formula is C18H22F2N4O2. The Labute approximate surface area is 151 Å². The number of rotatable bonds is 5. The number of aromatic nitrogens is 2. The first-order valence-corrected chi connectivity index (χ1v) is 8.57. The van der Waals surface area contributed by atoms with Gasteiger partial charge in [0.2, 0.25) is 11.8 Å². The Morgan fingerprint density at radius 3 is 2.54 bits per heavy atom. The summed E-state index contributed by atoms with van der Waals surface area (Å²) < 4.78 is 33.7. The first-order chi connectivity index (χ1) is 12.4. The highest BCUT2D eigenvalue weighted by Gasteiger charge is 2.18. The molecule has 1 amide bonds. The van der Waals surface area contributed by atoms with Crippen molar-refractivity contribution in [3.63, 3.8) is 0 Å². The van der Waals surface area contributed by atoms with E-state index >= 15 is 0 Å². The molecule has 0 spiro atoms. The normalized spacial score (nSPS) is 15.3. The highest BCUT2D eigenvalue weighted by molar-refractivity contribution is 5.73. The molecule has 8 heteroatoms. The number of piperazine rings is 1. The Morgan fingerprint density at radius 2 is 1.88 bits per heavy atom. The van der Waals surface area contributed by atoms with Gasteiger partial charge < -0.3 is 9.64 Å². The third-order valence-electron chi connectivity index (χ3n) is 4.49. The summed E-state index contributed by atoms with van der Waals surface area (Å²) >= 11 is 0. The highest BCUT2D eigenvalue weighted by atomic mass is 19.2. The molecule has 0 unspecified atom stereocenters. The fourth-order valence-corrected chi connectivity index (χ4v) is 2.96. The quantitative estimate of drug-likeness (QED) is 0.814. The lowest BCUT2D eigenvalue weighted by atomic mass is 10.3. The van der Waals surface area contributed by atoms with Gasteiger partial charge in [-0.2, -0.15) is 0 Å². The zero-order chi connectivity index (χ0) is 18.7. The van der Waals surface area contributed by atoms with Crippen molar-refractivity contribution in [2.24, 2.45) is 0 Å². The first-order valence-electron chi connectivity index (χ1n) is 8.57. The van der Waals surface area contributed by atoms with Gasteiger partial charge in [-0.25, -0.2) is 13.5 Å². The second-order valence-corrected chi connectivity index (χ2v) is 6.33. The van der Waals surface area contributed by atoms with E-state index in [0.717, 1.165) is 50.6 Å². The van der Waals surface area contributed by atoms with E-state index in [2.05, 4.69) is 10.00 Å². The summed E-state index contributed by atoms with van der Waals surface area (Å²) in [6.07, 6.45) is 0. The van der Waals surface area contributed by atoms with Gasteiger partial charge in [0.05, 0.1) is 5.69 Å². The molecule has 1 aromatic carbocycles. The van der Waals surface area contributed by atoms with Gasteiger partial charge in [0.15, 0.2) is 11.6 Å². The molecule has 0 bridgehead atoms. The summed E-state index contributed by atoms with van der Waals surface area (Å²) in [7, 11) is 0.